The molecule has 0 aliphatic carbocycles. The molecule has 0 aliphatic rings. The number of imidazole rings is 1. The third-order valence-electron chi connectivity index (χ3n) is 4.15. The Kier molecular flexibility index (Phi) is 9.11. The highest BCUT2D eigenvalue weighted by Gasteiger charge is 2.03. The van der Waals surface area contributed by atoms with Crippen molar-refractivity contribution in [3.05, 3.63) is 49.1 Å². The van der Waals surface area contributed by atoms with E-state index >= 15 is 0 Å². The van der Waals surface area contributed by atoms with E-state index in [1.807, 2.05) is 18.7 Å². The topological polar surface area (TPSA) is 57.5 Å². The van der Waals surface area contributed by atoms with Gasteiger partial charge >= 0.3 is 0 Å². The molecule has 0 saturated carbocycles. The Labute approximate surface area is 157 Å². The summed E-state index contributed by atoms with van der Waals surface area (Å²) < 4.78 is 2.08. The van der Waals surface area contributed by atoms with Crippen LogP contribution in [0.15, 0.2) is 54.0 Å². The Balaban J connectivity index is 1.69. The van der Waals surface area contributed by atoms with E-state index in [9.17, 15) is 0 Å². The van der Waals surface area contributed by atoms with Crippen molar-refractivity contribution in [1.82, 2.24) is 20.2 Å². The zero-order chi connectivity index (χ0) is 18.5. The molecule has 0 spiro atoms. The van der Waals surface area contributed by atoms with Crippen LogP contribution in [0, 0.1) is 0 Å². The Morgan fingerprint density at radius 3 is 2.69 bits per heavy atom. The number of para-hydroxylation sites is 1. The SMILES string of the molecule is CCNC(=NCCCn1ccnc1)NCCCN(CC)c1ccccc1. The van der Waals surface area contributed by atoms with Gasteiger partial charge in [-0.05, 0) is 38.8 Å². The summed E-state index contributed by atoms with van der Waals surface area (Å²) in [5.41, 5.74) is 1.29. The molecule has 2 N–H and O–H groups in total. The first-order chi connectivity index (χ1) is 12.8. The number of hydrogen-bond donors (Lipinski definition) is 2. The molecule has 0 bridgehead atoms. The lowest BCUT2D eigenvalue weighted by molar-refractivity contribution is 0.645. The number of hydrogen-bond acceptors (Lipinski definition) is 3. The fraction of sp³-hybridized carbons (Fsp3) is 0.500. The van der Waals surface area contributed by atoms with Gasteiger partial charge in [0.2, 0.25) is 0 Å². The third kappa shape index (κ3) is 7.17. The molecule has 0 fully saturated rings. The fourth-order valence-electron chi connectivity index (χ4n) is 2.79. The van der Waals surface area contributed by atoms with E-state index in [1.54, 1.807) is 0 Å². The van der Waals surface area contributed by atoms with Crippen LogP contribution in [0.2, 0.25) is 0 Å². The van der Waals surface area contributed by atoms with Crippen molar-refractivity contribution in [2.45, 2.75) is 33.2 Å². The van der Waals surface area contributed by atoms with Crippen molar-refractivity contribution >= 4 is 11.6 Å². The summed E-state index contributed by atoms with van der Waals surface area (Å²) in [4.78, 5) is 11.1. The van der Waals surface area contributed by atoms with Crippen LogP contribution in [0.25, 0.3) is 0 Å². The minimum Gasteiger partial charge on any atom is -0.372 e. The minimum absolute atomic E-state index is 0.804. The van der Waals surface area contributed by atoms with E-state index in [2.05, 4.69) is 74.3 Å². The van der Waals surface area contributed by atoms with Crippen LogP contribution in [0.4, 0.5) is 5.69 Å². The number of aryl methyl sites for hydroxylation is 1. The summed E-state index contributed by atoms with van der Waals surface area (Å²) in [6, 6.07) is 10.6. The standard InChI is InChI=1S/C20H32N6/c1-3-22-20(23-12-8-15-25-17-14-21-18-25)24-13-9-16-26(4-2)19-10-6-5-7-11-19/h5-7,10-11,14,17-18H,3-4,8-9,12-13,15-16H2,1-2H3,(H2,22,23,24). The number of benzene rings is 1. The second kappa shape index (κ2) is 12.0. The van der Waals surface area contributed by atoms with Gasteiger partial charge in [0, 0.05) is 57.3 Å². The lowest BCUT2D eigenvalue weighted by Crippen LogP contribution is -2.39. The van der Waals surface area contributed by atoms with Gasteiger partial charge in [-0.2, -0.15) is 0 Å². The van der Waals surface area contributed by atoms with Gasteiger partial charge in [-0.15, -0.1) is 0 Å². The Bertz CT molecular complexity index is 608. The second-order valence-electron chi connectivity index (χ2n) is 6.11. The predicted octanol–water partition coefficient (Wildman–Crippen LogP) is 2.74. The van der Waals surface area contributed by atoms with Gasteiger partial charge in [-0.3, -0.25) is 4.99 Å². The summed E-state index contributed by atoms with van der Waals surface area (Å²) in [5, 5.41) is 6.75. The highest BCUT2D eigenvalue weighted by molar-refractivity contribution is 5.79. The molecule has 142 valence electrons. The second-order valence-corrected chi connectivity index (χ2v) is 6.11. The molecule has 1 heterocycles. The molecule has 26 heavy (non-hydrogen) atoms. The number of nitrogens with zero attached hydrogens (tertiary/aromatic N) is 4. The molecule has 0 saturated heterocycles. The fourth-order valence-corrected chi connectivity index (χ4v) is 2.79. The van der Waals surface area contributed by atoms with Crippen molar-refractivity contribution < 1.29 is 0 Å². The zero-order valence-electron chi connectivity index (χ0n) is 16.1. The maximum Gasteiger partial charge on any atom is 0.191 e. The quantitative estimate of drug-likeness (QED) is 0.369. The highest BCUT2D eigenvalue weighted by Crippen LogP contribution is 2.12. The molecule has 6 heteroatoms. The predicted molar refractivity (Wildman–Crippen MR) is 110 cm³/mol. The third-order valence-corrected chi connectivity index (χ3v) is 4.15. The smallest absolute Gasteiger partial charge is 0.191 e. The maximum absolute atomic E-state index is 4.65. The van der Waals surface area contributed by atoms with Crippen LogP contribution in [0.3, 0.4) is 0 Å². The van der Waals surface area contributed by atoms with Gasteiger partial charge in [0.05, 0.1) is 6.33 Å². The van der Waals surface area contributed by atoms with Crippen LogP contribution in [0.1, 0.15) is 26.7 Å². The monoisotopic (exact) mass is 356 g/mol. The first-order valence-corrected chi connectivity index (χ1v) is 9.61. The molecular weight excluding hydrogens is 324 g/mol. The van der Waals surface area contributed by atoms with E-state index in [1.165, 1.54) is 5.69 Å². The Hall–Kier alpha value is -2.50. The van der Waals surface area contributed by atoms with Crippen molar-refractivity contribution in [2.75, 3.05) is 37.6 Å². The van der Waals surface area contributed by atoms with Gasteiger partial charge in [-0.25, -0.2) is 4.98 Å². The number of aromatic nitrogens is 2. The summed E-state index contributed by atoms with van der Waals surface area (Å²) in [6.45, 7) is 9.89. The van der Waals surface area contributed by atoms with Crippen LogP contribution in [-0.4, -0.2) is 48.2 Å². The van der Waals surface area contributed by atoms with Crippen LogP contribution >= 0.6 is 0 Å². The van der Waals surface area contributed by atoms with Gasteiger partial charge in [0.1, 0.15) is 0 Å². The molecule has 0 atom stereocenters. The molecular formula is C20H32N6. The lowest BCUT2D eigenvalue weighted by Gasteiger charge is -2.23. The largest absolute Gasteiger partial charge is 0.372 e. The average Bonchev–Trinajstić information content (AvgIpc) is 3.19. The number of rotatable bonds is 11. The van der Waals surface area contributed by atoms with E-state index in [-0.39, 0.29) is 0 Å². The van der Waals surface area contributed by atoms with Crippen molar-refractivity contribution in [3.8, 4) is 0 Å². The Morgan fingerprint density at radius 2 is 2.00 bits per heavy atom. The van der Waals surface area contributed by atoms with E-state index in [4.69, 9.17) is 0 Å². The summed E-state index contributed by atoms with van der Waals surface area (Å²) in [7, 11) is 0. The molecule has 0 amide bonds. The summed E-state index contributed by atoms with van der Waals surface area (Å²) in [6.07, 6.45) is 7.72. The molecule has 0 aliphatic heterocycles. The van der Waals surface area contributed by atoms with Crippen molar-refractivity contribution in [3.63, 3.8) is 0 Å². The van der Waals surface area contributed by atoms with Gasteiger partial charge in [0.25, 0.3) is 0 Å². The van der Waals surface area contributed by atoms with Crippen molar-refractivity contribution in [2.24, 2.45) is 4.99 Å². The molecule has 1 aromatic heterocycles. The molecule has 6 nitrogen and oxygen atoms in total. The molecule has 2 aromatic rings. The number of nitrogens with one attached hydrogen (secondary N) is 2. The first kappa shape index (κ1) is 19.8. The highest BCUT2D eigenvalue weighted by atomic mass is 15.2. The molecule has 2 rings (SSSR count). The lowest BCUT2D eigenvalue weighted by atomic mass is 10.2. The first-order valence-electron chi connectivity index (χ1n) is 9.61. The van der Waals surface area contributed by atoms with Crippen LogP contribution in [0.5, 0.6) is 0 Å². The van der Waals surface area contributed by atoms with Gasteiger partial charge < -0.3 is 20.1 Å². The van der Waals surface area contributed by atoms with Gasteiger partial charge in [-0.1, -0.05) is 18.2 Å². The van der Waals surface area contributed by atoms with Crippen LogP contribution in [-0.2, 0) is 6.54 Å². The van der Waals surface area contributed by atoms with E-state index in [0.717, 1.165) is 58.1 Å². The Morgan fingerprint density at radius 1 is 1.15 bits per heavy atom. The zero-order valence-corrected chi connectivity index (χ0v) is 16.1. The maximum atomic E-state index is 4.65. The summed E-state index contributed by atoms with van der Waals surface area (Å²) >= 11 is 0. The minimum atomic E-state index is 0.804. The average molecular weight is 357 g/mol. The molecule has 0 unspecified atom stereocenters. The van der Waals surface area contributed by atoms with Gasteiger partial charge in [0.15, 0.2) is 5.96 Å². The number of aliphatic imine (C=N–C) groups is 1. The van der Waals surface area contributed by atoms with Crippen LogP contribution < -0.4 is 15.5 Å². The van der Waals surface area contributed by atoms with E-state index in [0.29, 0.717) is 0 Å². The summed E-state index contributed by atoms with van der Waals surface area (Å²) in [5.74, 6) is 0.904. The van der Waals surface area contributed by atoms with E-state index < -0.39 is 0 Å². The number of anilines is 1. The number of guanidine groups is 1. The molecule has 0 radical (unpaired) electrons. The van der Waals surface area contributed by atoms with Crippen molar-refractivity contribution in [1.29, 1.82) is 0 Å². The molecule has 1 aromatic carbocycles. The normalized spacial score (nSPS) is 11.4.